The third kappa shape index (κ3) is 8.18. The number of hydrogen-bond donors (Lipinski definition) is 2. The van der Waals surface area contributed by atoms with Gasteiger partial charge in [0, 0.05) is 26.2 Å². The molecular weight excluding hydrogens is 364 g/mol. The molecule has 2 fully saturated rings. The molecule has 2 aliphatic rings. The molecule has 1 aromatic carbocycles. The Balaban J connectivity index is 0.00000261. The van der Waals surface area contributed by atoms with E-state index in [1.165, 1.54) is 12.8 Å². The van der Waals surface area contributed by atoms with Crippen LogP contribution in [0.3, 0.4) is 0 Å². The Labute approximate surface area is 169 Å². The number of carbonyl (C=O) groups excluding carboxylic acids is 1. The Bertz CT molecular complexity index is 558. The molecule has 0 spiro atoms. The first kappa shape index (κ1) is 22.2. The van der Waals surface area contributed by atoms with Gasteiger partial charge >= 0.3 is 0 Å². The number of halogens is 1. The van der Waals surface area contributed by atoms with Crippen molar-refractivity contribution in [3.63, 3.8) is 0 Å². The van der Waals surface area contributed by atoms with Crippen LogP contribution in [0.2, 0.25) is 0 Å². The summed E-state index contributed by atoms with van der Waals surface area (Å²) in [6, 6.07) is 8.32. The van der Waals surface area contributed by atoms with Crippen molar-refractivity contribution < 1.29 is 14.3 Å². The predicted molar refractivity (Wildman–Crippen MR) is 109 cm³/mol. The van der Waals surface area contributed by atoms with Crippen LogP contribution < -0.4 is 10.6 Å². The highest BCUT2D eigenvalue weighted by molar-refractivity contribution is 5.85. The van der Waals surface area contributed by atoms with E-state index in [0.29, 0.717) is 31.6 Å². The molecule has 6 heteroatoms. The van der Waals surface area contributed by atoms with Crippen LogP contribution in [-0.4, -0.2) is 38.3 Å². The average molecular weight is 397 g/mol. The van der Waals surface area contributed by atoms with Crippen LogP contribution in [0.5, 0.6) is 0 Å². The molecular formula is C21H33ClN2O3. The van der Waals surface area contributed by atoms with Crippen molar-refractivity contribution in [1.29, 1.82) is 0 Å². The molecule has 0 saturated carbocycles. The molecule has 152 valence electrons. The highest BCUT2D eigenvalue weighted by Gasteiger charge is 2.15. The second-order valence-corrected chi connectivity index (χ2v) is 7.45. The fourth-order valence-corrected chi connectivity index (χ4v) is 3.68. The lowest BCUT2D eigenvalue weighted by molar-refractivity contribution is -0.121. The number of carbonyl (C=O) groups is 1. The zero-order chi connectivity index (χ0) is 18.0. The standard InChI is InChI=1S/C21H32N2O3.ClH/c24-21(5-4-17-6-10-22-11-7-17)23-15-18-2-1-3-19(14-18)16-26-20-8-12-25-13-9-20;/h1-3,14,17,20,22H,4-13,15-16H2,(H,23,24);1H. The minimum absolute atomic E-state index is 0. The van der Waals surface area contributed by atoms with Gasteiger partial charge in [-0.2, -0.15) is 0 Å². The first-order valence-corrected chi connectivity index (χ1v) is 10.0. The maximum atomic E-state index is 12.1. The molecule has 5 nitrogen and oxygen atoms in total. The first-order valence-electron chi connectivity index (χ1n) is 10.0. The largest absolute Gasteiger partial charge is 0.381 e. The second kappa shape index (κ2) is 12.3. The lowest BCUT2D eigenvalue weighted by Crippen LogP contribution is -2.29. The molecule has 2 aliphatic heterocycles. The average Bonchev–Trinajstić information content (AvgIpc) is 2.71. The van der Waals surface area contributed by atoms with Crippen molar-refractivity contribution in [3.05, 3.63) is 35.4 Å². The van der Waals surface area contributed by atoms with E-state index in [4.69, 9.17) is 9.47 Å². The van der Waals surface area contributed by atoms with Crippen molar-refractivity contribution in [3.8, 4) is 0 Å². The Morgan fingerprint density at radius 1 is 1.15 bits per heavy atom. The normalized spacial score (nSPS) is 18.7. The van der Waals surface area contributed by atoms with Crippen molar-refractivity contribution in [2.24, 2.45) is 5.92 Å². The molecule has 0 aliphatic carbocycles. The molecule has 2 heterocycles. The van der Waals surface area contributed by atoms with Crippen LogP contribution in [0.1, 0.15) is 49.7 Å². The fourth-order valence-electron chi connectivity index (χ4n) is 3.68. The van der Waals surface area contributed by atoms with Gasteiger partial charge in [0.25, 0.3) is 0 Å². The Morgan fingerprint density at radius 2 is 1.89 bits per heavy atom. The van der Waals surface area contributed by atoms with E-state index >= 15 is 0 Å². The van der Waals surface area contributed by atoms with E-state index in [-0.39, 0.29) is 18.3 Å². The van der Waals surface area contributed by atoms with Gasteiger partial charge in [0.1, 0.15) is 0 Å². The molecule has 2 N–H and O–H groups in total. The Hall–Kier alpha value is -1.14. The zero-order valence-electron chi connectivity index (χ0n) is 16.1. The van der Waals surface area contributed by atoms with E-state index in [2.05, 4.69) is 28.8 Å². The summed E-state index contributed by atoms with van der Waals surface area (Å²) in [7, 11) is 0. The molecule has 3 rings (SSSR count). The van der Waals surface area contributed by atoms with Crippen molar-refractivity contribution in [1.82, 2.24) is 10.6 Å². The van der Waals surface area contributed by atoms with Gasteiger partial charge in [-0.05, 0) is 62.2 Å². The lowest BCUT2D eigenvalue weighted by atomic mass is 9.93. The second-order valence-electron chi connectivity index (χ2n) is 7.45. The summed E-state index contributed by atoms with van der Waals surface area (Å²) >= 11 is 0. The molecule has 0 radical (unpaired) electrons. The molecule has 2 saturated heterocycles. The fraction of sp³-hybridized carbons (Fsp3) is 0.667. The van der Waals surface area contributed by atoms with Crippen molar-refractivity contribution >= 4 is 18.3 Å². The minimum atomic E-state index is 0. The Morgan fingerprint density at radius 3 is 2.67 bits per heavy atom. The number of rotatable bonds is 8. The predicted octanol–water partition coefficient (Wildman–Crippen LogP) is 3.20. The van der Waals surface area contributed by atoms with E-state index < -0.39 is 0 Å². The van der Waals surface area contributed by atoms with Gasteiger partial charge in [-0.25, -0.2) is 0 Å². The summed E-state index contributed by atoms with van der Waals surface area (Å²) in [6.45, 7) is 5.00. The van der Waals surface area contributed by atoms with Crippen LogP contribution in [-0.2, 0) is 27.4 Å². The summed E-state index contributed by atoms with van der Waals surface area (Å²) in [5.74, 6) is 0.861. The SMILES string of the molecule is Cl.O=C(CCC1CCNCC1)NCc1cccc(COC2CCOCC2)c1. The molecule has 0 atom stereocenters. The van der Waals surface area contributed by atoms with Crippen LogP contribution in [0.15, 0.2) is 24.3 Å². The van der Waals surface area contributed by atoms with Gasteiger partial charge in [0.05, 0.1) is 12.7 Å². The highest BCUT2D eigenvalue weighted by atomic mass is 35.5. The van der Waals surface area contributed by atoms with Gasteiger partial charge in [-0.15, -0.1) is 12.4 Å². The van der Waals surface area contributed by atoms with Crippen LogP contribution in [0.25, 0.3) is 0 Å². The highest BCUT2D eigenvalue weighted by Crippen LogP contribution is 2.18. The Kier molecular flexibility index (Phi) is 10.1. The van der Waals surface area contributed by atoms with E-state index in [1.807, 2.05) is 6.07 Å². The monoisotopic (exact) mass is 396 g/mol. The van der Waals surface area contributed by atoms with Gasteiger partial charge in [-0.1, -0.05) is 24.3 Å². The van der Waals surface area contributed by atoms with Gasteiger partial charge in [0.2, 0.25) is 5.91 Å². The van der Waals surface area contributed by atoms with Gasteiger partial charge < -0.3 is 20.1 Å². The molecule has 1 aromatic rings. The number of piperidine rings is 1. The van der Waals surface area contributed by atoms with Gasteiger partial charge in [-0.3, -0.25) is 4.79 Å². The van der Waals surface area contributed by atoms with Crippen LogP contribution in [0.4, 0.5) is 0 Å². The quantitative estimate of drug-likeness (QED) is 0.708. The summed E-state index contributed by atoms with van der Waals surface area (Å²) < 4.78 is 11.3. The van der Waals surface area contributed by atoms with Crippen molar-refractivity contribution in [2.75, 3.05) is 26.3 Å². The van der Waals surface area contributed by atoms with E-state index in [0.717, 1.165) is 56.7 Å². The number of hydrogen-bond acceptors (Lipinski definition) is 4. The summed E-state index contributed by atoms with van der Waals surface area (Å²) in [6.07, 6.45) is 6.30. The maximum absolute atomic E-state index is 12.1. The molecule has 0 aromatic heterocycles. The molecule has 27 heavy (non-hydrogen) atoms. The first-order chi connectivity index (χ1) is 12.8. The number of amides is 1. The number of benzene rings is 1. The minimum Gasteiger partial charge on any atom is -0.381 e. The maximum Gasteiger partial charge on any atom is 0.220 e. The number of nitrogens with one attached hydrogen (secondary N) is 2. The molecule has 0 unspecified atom stereocenters. The van der Waals surface area contributed by atoms with Crippen LogP contribution in [0, 0.1) is 5.92 Å². The van der Waals surface area contributed by atoms with E-state index in [1.54, 1.807) is 0 Å². The summed E-state index contributed by atoms with van der Waals surface area (Å²) in [5.41, 5.74) is 2.30. The third-order valence-corrected chi connectivity index (χ3v) is 5.37. The third-order valence-electron chi connectivity index (χ3n) is 5.37. The topological polar surface area (TPSA) is 59.6 Å². The summed E-state index contributed by atoms with van der Waals surface area (Å²) in [4.78, 5) is 12.1. The summed E-state index contributed by atoms with van der Waals surface area (Å²) in [5, 5.41) is 6.43. The van der Waals surface area contributed by atoms with Crippen molar-refractivity contribution in [2.45, 2.75) is 57.8 Å². The lowest BCUT2D eigenvalue weighted by Gasteiger charge is -2.22. The van der Waals surface area contributed by atoms with Crippen LogP contribution >= 0.6 is 12.4 Å². The molecule has 0 bridgehead atoms. The van der Waals surface area contributed by atoms with Gasteiger partial charge in [0.15, 0.2) is 0 Å². The number of ether oxygens (including phenoxy) is 2. The molecule has 1 amide bonds. The zero-order valence-corrected chi connectivity index (χ0v) is 16.9. The smallest absolute Gasteiger partial charge is 0.220 e. The van der Waals surface area contributed by atoms with E-state index in [9.17, 15) is 4.79 Å².